The second-order valence-electron chi connectivity index (χ2n) is 6.18. The number of amides is 1. The monoisotopic (exact) mass is 375 g/mol. The van der Waals surface area contributed by atoms with E-state index in [4.69, 9.17) is 30.5 Å². The van der Waals surface area contributed by atoms with Gasteiger partial charge in [-0.1, -0.05) is 17.7 Å². The van der Waals surface area contributed by atoms with Crippen molar-refractivity contribution in [2.75, 3.05) is 20.0 Å². The topological polar surface area (TPSA) is 66.0 Å². The average molecular weight is 376 g/mol. The minimum absolute atomic E-state index is 0.108. The van der Waals surface area contributed by atoms with Gasteiger partial charge in [0.15, 0.2) is 23.0 Å². The van der Waals surface area contributed by atoms with Gasteiger partial charge in [0.25, 0.3) is 0 Å². The molecular formula is C19H18ClNO5. The largest absolute Gasteiger partial charge is 0.486 e. The van der Waals surface area contributed by atoms with Gasteiger partial charge in [-0.2, -0.15) is 0 Å². The van der Waals surface area contributed by atoms with E-state index in [1.807, 2.05) is 25.1 Å². The Bertz CT molecular complexity index is 854. The molecule has 26 heavy (non-hydrogen) atoms. The Hall–Kier alpha value is -2.60. The molecule has 4 rings (SSSR count). The van der Waals surface area contributed by atoms with Crippen molar-refractivity contribution >= 4 is 17.5 Å². The van der Waals surface area contributed by atoms with E-state index in [0.717, 1.165) is 16.9 Å². The molecule has 1 atom stereocenters. The lowest BCUT2D eigenvalue weighted by atomic mass is 10.1. The molecule has 0 aliphatic carbocycles. The van der Waals surface area contributed by atoms with Crippen LogP contribution in [0.5, 0.6) is 23.0 Å². The minimum Gasteiger partial charge on any atom is -0.486 e. The highest BCUT2D eigenvalue weighted by atomic mass is 35.5. The fraction of sp³-hybridized carbons (Fsp3) is 0.316. The molecule has 1 N–H and O–H groups in total. The molecule has 2 aliphatic heterocycles. The summed E-state index contributed by atoms with van der Waals surface area (Å²) in [4.78, 5) is 12.4. The lowest BCUT2D eigenvalue weighted by molar-refractivity contribution is -0.121. The SMILES string of the molecule is CC(NC(=O)Cc1cc(Cl)c2c(c1)OCCO2)c1ccc2c(c1)OCO2. The molecule has 136 valence electrons. The third-order valence-corrected chi connectivity index (χ3v) is 4.58. The maximum Gasteiger partial charge on any atom is 0.231 e. The molecule has 0 fully saturated rings. The van der Waals surface area contributed by atoms with Crippen LogP contribution in [0.2, 0.25) is 5.02 Å². The lowest BCUT2D eigenvalue weighted by Crippen LogP contribution is -2.28. The molecule has 2 aliphatic rings. The number of carbonyl (C=O) groups is 1. The van der Waals surface area contributed by atoms with Gasteiger partial charge < -0.3 is 24.3 Å². The van der Waals surface area contributed by atoms with E-state index in [2.05, 4.69) is 5.32 Å². The van der Waals surface area contributed by atoms with Gasteiger partial charge in [0, 0.05) is 0 Å². The fourth-order valence-electron chi connectivity index (χ4n) is 3.01. The summed E-state index contributed by atoms with van der Waals surface area (Å²) in [7, 11) is 0. The van der Waals surface area contributed by atoms with E-state index in [0.29, 0.717) is 35.5 Å². The number of hydrogen-bond acceptors (Lipinski definition) is 5. The van der Waals surface area contributed by atoms with E-state index in [1.54, 1.807) is 12.1 Å². The first-order valence-corrected chi connectivity index (χ1v) is 8.75. The summed E-state index contributed by atoms with van der Waals surface area (Å²) in [6, 6.07) is 9.02. The van der Waals surface area contributed by atoms with Gasteiger partial charge in [-0.3, -0.25) is 4.79 Å². The molecule has 7 heteroatoms. The number of hydrogen-bond donors (Lipinski definition) is 1. The second kappa shape index (κ2) is 6.96. The van der Waals surface area contributed by atoms with E-state index in [-0.39, 0.29) is 25.2 Å². The summed E-state index contributed by atoms with van der Waals surface area (Å²) in [6.45, 7) is 3.09. The Morgan fingerprint density at radius 3 is 2.77 bits per heavy atom. The first-order valence-electron chi connectivity index (χ1n) is 8.37. The van der Waals surface area contributed by atoms with Crippen LogP contribution in [-0.4, -0.2) is 25.9 Å². The number of ether oxygens (including phenoxy) is 4. The first-order chi connectivity index (χ1) is 12.6. The molecule has 2 heterocycles. The minimum atomic E-state index is -0.162. The first kappa shape index (κ1) is 16.8. The third kappa shape index (κ3) is 3.37. The highest BCUT2D eigenvalue weighted by Gasteiger charge is 2.19. The Labute approximate surface area is 156 Å². The quantitative estimate of drug-likeness (QED) is 0.888. The molecule has 0 saturated carbocycles. The molecule has 2 aromatic rings. The van der Waals surface area contributed by atoms with Gasteiger partial charge in [0.2, 0.25) is 12.7 Å². The van der Waals surface area contributed by atoms with E-state index >= 15 is 0 Å². The number of carbonyl (C=O) groups excluding carboxylic acids is 1. The Kier molecular flexibility index (Phi) is 4.51. The van der Waals surface area contributed by atoms with Crippen LogP contribution in [0.3, 0.4) is 0 Å². The normalized spacial score (nSPS) is 15.5. The van der Waals surface area contributed by atoms with Gasteiger partial charge in [0.1, 0.15) is 13.2 Å². The van der Waals surface area contributed by atoms with Crippen LogP contribution in [0.25, 0.3) is 0 Å². The van der Waals surface area contributed by atoms with Crippen LogP contribution in [0.15, 0.2) is 30.3 Å². The standard InChI is InChI=1S/C19H18ClNO5/c1-11(13-2-3-15-16(9-13)26-10-25-15)21-18(22)8-12-6-14(20)19-17(7-12)23-4-5-24-19/h2-3,6-7,9,11H,4-5,8,10H2,1H3,(H,21,22). The third-order valence-electron chi connectivity index (χ3n) is 4.30. The highest BCUT2D eigenvalue weighted by Crippen LogP contribution is 2.38. The van der Waals surface area contributed by atoms with Crippen LogP contribution in [0.1, 0.15) is 24.1 Å². The zero-order valence-electron chi connectivity index (χ0n) is 14.2. The van der Waals surface area contributed by atoms with Crippen molar-refractivity contribution in [3.8, 4) is 23.0 Å². The van der Waals surface area contributed by atoms with Crippen LogP contribution >= 0.6 is 11.6 Å². The van der Waals surface area contributed by atoms with E-state index < -0.39 is 0 Å². The Morgan fingerprint density at radius 1 is 1.08 bits per heavy atom. The van der Waals surface area contributed by atoms with Crippen molar-refractivity contribution in [1.29, 1.82) is 0 Å². The van der Waals surface area contributed by atoms with Crippen molar-refractivity contribution < 1.29 is 23.7 Å². The van der Waals surface area contributed by atoms with Crippen molar-refractivity contribution in [1.82, 2.24) is 5.32 Å². The van der Waals surface area contributed by atoms with Gasteiger partial charge in [-0.05, 0) is 42.3 Å². The maximum atomic E-state index is 12.4. The molecule has 0 aromatic heterocycles. The number of halogens is 1. The van der Waals surface area contributed by atoms with Gasteiger partial charge in [-0.25, -0.2) is 0 Å². The molecule has 1 unspecified atom stereocenters. The molecule has 6 nitrogen and oxygen atoms in total. The van der Waals surface area contributed by atoms with E-state index in [1.165, 1.54) is 0 Å². The Morgan fingerprint density at radius 2 is 1.88 bits per heavy atom. The van der Waals surface area contributed by atoms with Gasteiger partial charge >= 0.3 is 0 Å². The number of nitrogens with one attached hydrogen (secondary N) is 1. The zero-order chi connectivity index (χ0) is 18.1. The van der Waals surface area contributed by atoms with Crippen LogP contribution < -0.4 is 24.3 Å². The van der Waals surface area contributed by atoms with E-state index in [9.17, 15) is 4.79 Å². The van der Waals surface area contributed by atoms with Crippen LogP contribution in [-0.2, 0) is 11.2 Å². The number of rotatable bonds is 4. The number of benzene rings is 2. The summed E-state index contributed by atoms with van der Waals surface area (Å²) in [5, 5.41) is 3.44. The number of fused-ring (bicyclic) bond motifs is 2. The predicted molar refractivity (Wildman–Crippen MR) is 95.3 cm³/mol. The Balaban J connectivity index is 1.43. The van der Waals surface area contributed by atoms with Crippen molar-refractivity contribution in [3.63, 3.8) is 0 Å². The van der Waals surface area contributed by atoms with Crippen molar-refractivity contribution in [2.45, 2.75) is 19.4 Å². The second-order valence-corrected chi connectivity index (χ2v) is 6.59. The average Bonchev–Trinajstić information content (AvgIpc) is 3.09. The summed E-state index contributed by atoms with van der Waals surface area (Å²) in [5.41, 5.74) is 1.72. The summed E-state index contributed by atoms with van der Waals surface area (Å²) in [5.74, 6) is 2.43. The predicted octanol–water partition coefficient (Wildman–Crippen LogP) is 3.26. The zero-order valence-corrected chi connectivity index (χ0v) is 15.0. The van der Waals surface area contributed by atoms with Gasteiger partial charge in [-0.15, -0.1) is 0 Å². The fourth-order valence-corrected chi connectivity index (χ4v) is 3.30. The van der Waals surface area contributed by atoms with Crippen LogP contribution in [0.4, 0.5) is 0 Å². The smallest absolute Gasteiger partial charge is 0.231 e. The molecule has 1 amide bonds. The summed E-state index contributed by atoms with van der Waals surface area (Å²) >= 11 is 6.22. The lowest BCUT2D eigenvalue weighted by Gasteiger charge is -2.20. The molecular weight excluding hydrogens is 358 g/mol. The molecule has 0 saturated heterocycles. The van der Waals surface area contributed by atoms with Crippen molar-refractivity contribution in [3.05, 3.63) is 46.5 Å². The molecule has 0 bridgehead atoms. The molecule has 0 spiro atoms. The highest BCUT2D eigenvalue weighted by molar-refractivity contribution is 6.32. The summed E-state index contributed by atoms with van der Waals surface area (Å²) < 4.78 is 21.7. The van der Waals surface area contributed by atoms with Crippen molar-refractivity contribution in [2.24, 2.45) is 0 Å². The molecule has 0 radical (unpaired) electrons. The summed E-state index contributed by atoms with van der Waals surface area (Å²) in [6.07, 6.45) is 0.200. The van der Waals surface area contributed by atoms with Gasteiger partial charge in [0.05, 0.1) is 17.5 Å². The maximum absolute atomic E-state index is 12.4. The van der Waals surface area contributed by atoms with Crippen LogP contribution in [0, 0.1) is 0 Å². The molecule has 2 aromatic carbocycles.